The molecule has 0 bridgehead atoms. The Hall–Kier alpha value is -3.73. The van der Waals surface area contributed by atoms with Gasteiger partial charge in [-0.15, -0.1) is 0 Å². The molecule has 5 N–H and O–H groups in total. The van der Waals surface area contributed by atoms with Gasteiger partial charge in [0.25, 0.3) is 17.7 Å². The minimum absolute atomic E-state index is 0.0141. The topological polar surface area (TPSA) is 173 Å². The van der Waals surface area contributed by atoms with Crippen LogP contribution in [0.2, 0.25) is 0 Å². The normalized spacial score (nSPS) is 14.4. The summed E-state index contributed by atoms with van der Waals surface area (Å²) in [5.74, 6) is -4.36. The molecule has 1 aliphatic rings. The Labute approximate surface area is 164 Å². The third kappa shape index (κ3) is 5.62. The van der Waals surface area contributed by atoms with Crippen molar-refractivity contribution in [1.29, 1.82) is 0 Å². The molecule has 1 aliphatic heterocycles. The molecule has 0 aliphatic carbocycles. The van der Waals surface area contributed by atoms with Crippen LogP contribution in [0, 0.1) is 0 Å². The maximum atomic E-state index is 12.2. The predicted molar refractivity (Wildman–Crippen MR) is 97.7 cm³/mol. The van der Waals surface area contributed by atoms with Crippen LogP contribution >= 0.6 is 0 Å². The molecule has 3 amide bonds. The number of aliphatic hydroxyl groups is 1. The van der Waals surface area contributed by atoms with Gasteiger partial charge in [-0.05, 0) is 30.7 Å². The van der Waals surface area contributed by atoms with E-state index in [1.165, 1.54) is 24.3 Å². The van der Waals surface area contributed by atoms with Gasteiger partial charge in [-0.25, -0.2) is 4.79 Å². The number of benzene rings is 1. The van der Waals surface area contributed by atoms with Crippen molar-refractivity contribution >= 4 is 35.3 Å². The Balaban J connectivity index is 2.01. The van der Waals surface area contributed by atoms with Crippen molar-refractivity contribution in [1.82, 2.24) is 10.2 Å². The van der Waals surface area contributed by atoms with Crippen LogP contribution in [0.25, 0.3) is 0 Å². The Kier molecular flexibility index (Phi) is 7.04. The molecule has 154 valence electrons. The van der Waals surface area contributed by atoms with Gasteiger partial charge in [-0.1, -0.05) is 0 Å². The van der Waals surface area contributed by atoms with Gasteiger partial charge in [-0.3, -0.25) is 24.1 Å². The van der Waals surface area contributed by atoms with E-state index in [0.29, 0.717) is 5.69 Å². The number of amides is 3. The van der Waals surface area contributed by atoms with Crippen LogP contribution in [-0.4, -0.2) is 69.1 Å². The summed E-state index contributed by atoms with van der Waals surface area (Å²) in [4.78, 5) is 58.6. The Morgan fingerprint density at radius 1 is 1.07 bits per heavy atom. The van der Waals surface area contributed by atoms with Crippen molar-refractivity contribution in [2.24, 2.45) is 0 Å². The van der Waals surface area contributed by atoms with Gasteiger partial charge < -0.3 is 26.0 Å². The third-order valence-electron chi connectivity index (χ3n) is 4.01. The highest BCUT2D eigenvalue weighted by Gasteiger charge is 2.30. The molecule has 0 fully saturated rings. The predicted octanol–water partition coefficient (Wildman–Crippen LogP) is -0.609. The number of aliphatic hydroxyl groups excluding tert-OH is 1. The highest BCUT2D eigenvalue weighted by Crippen LogP contribution is 2.17. The van der Waals surface area contributed by atoms with Crippen LogP contribution < -0.4 is 10.6 Å². The zero-order chi connectivity index (χ0) is 21.6. The van der Waals surface area contributed by atoms with E-state index in [-0.39, 0.29) is 30.8 Å². The summed E-state index contributed by atoms with van der Waals surface area (Å²) in [5.41, 5.74) is 0.544. The first-order chi connectivity index (χ1) is 13.7. The zero-order valence-corrected chi connectivity index (χ0v) is 15.1. The number of hydrogen-bond acceptors (Lipinski definition) is 7. The molecule has 11 heteroatoms. The largest absolute Gasteiger partial charge is 0.481 e. The summed E-state index contributed by atoms with van der Waals surface area (Å²) < 4.78 is 0. The van der Waals surface area contributed by atoms with Gasteiger partial charge in [0.15, 0.2) is 0 Å². The van der Waals surface area contributed by atoms with Gasteiger partial charge in [0.05, 0.1) is 13.2 Å². The Morgan fingerprint density at radius 3 is 2.28 bits per heavy atom. The van der Waals surface area contributed by atoms with E-state index < -0.39 is 42.1 Å². The number of imide groups is 1. The average Bonchev–Trinajstić information content (AvgIpc) is 2.93. The van der Waals surface area contributed by atoms with Gasteiger partial charge in [0.2, 0.25) is 0 Å². The highest BCUT2D eigenvalue weighted by atomic mass is 16.4. The number of carbonyl (C=O) groups excluding carboxylic acids is 3. The van der Waals surface area contributed by atoms with Crippen LogP contribution in [0.5, 0.6) is 0 Å². The number of nitrogens with zero attached hydrogens (tertiary/aromatic N) is 1. The van der Waals surface area contributed by atoms with E-state index in [1.807, 2.05) is 0 Å². The molecule has 0 saturated carbocycles. The first-order valence-electron chi connectivity index (χ1n) is 8.54. The monoisotopic (exact) mass is 405 g/mol. The molecule has 0 spiro atoms. The molecular weight excluding hydrogens is 386 g/mol. The summed E-state index contributed by atoms with van der Waals surface area (Å²) in [6, 6.07) is 4.31. The second kappa shape index (κ2) is 9.46. The van der Waals surface area contributed by atoms with E-state index in [9.17, 15) is 24.0 Å². The molecule has 1 aromatic carbocycles. The summed E-state index contributed by atoms with van der Waals surface area (Å²) in [6.07, 6.45) is 0.429. The number of anilines is 1. The first-order valence-corrected chi connectivity index (χ1v) is 8.54. The number of carbonyl (C=O) groups is 5. The van der Waals surface area contributed by atoms with E-state index in [1.54, 1.807) is 0 Å². The van der Waals surface area contributed by atoms with Crippen LogP contribution in [0.3, 0.4) is 0 Å². The van der Waals surface area contributed by atoms with Crippen LogP contribution in [-0.2, 0) is 19.2 Å². The van der Waals surface area contributed by atoms with Crippen molar-refractivity contribution in [2.45, 2.75) is 18.9 Å². The number of carboxylic acid groups (broad SMARTS) is 2. The number of hydrogen-bond donors (Lipinski definition) is 5. The number of aliphatic carboxylic acids is 2. The maximum Gasteiger partial charge on any atom is 0.326 e. The molecule has 1 heterocycles. The fourth-order valence-electron chi connectivity index (χ4n) is 2.54. The number of nitrogens with one attached hydrogen (secondary N) is 2. The third-order valence-corrected chi connectivity index (χ3v) is 4.01. The molecule has 2 rings (SSSR count). The summed E-state index contributed by atoms with van der Waals surface area (Å²) in [7, 11) is 0. The summed E-state index contributed by atoms with van der Waals surface area (Å²) in [5, 5.41) is 31.6. The van der Waals surface area contributed by atoms with E-state index in [4.69, 9.17) is 15.3 Å². The number of β-amino-alcohol motifs (C(OH)–C–C–N with tert-alkyl or cyclic N) is 1. The van der Waals surface area contributed by atoms with E-state index >= 15 is 0 Å². The molecule has 1 unspecified atom stereocenters. The van der Waals surface area contributed by atoms with Crippen molar-refractivity contribution in [2.75, 3.05) is 18.5 Å². The smallest absolute Gasteiger partial charge is 0.326 e. The lowest BCUT2D eigenvalue weighted by Crippen LogP contribution is -2.41. The minimum atomic E-state index is -1.35. The average molecular weight is 405 g/mol. The fraction of sp³-hybridized carbons (Fsp3) is 0.278. The molecule has 1 aromatic rings. The van der Waals surface area contributed by atoms with Crippen molar-refractivity contribution < 1.29 is 39.3 Å². The fourth-order valence-corrected chi connectivity index (χ4v) is 2.54. The highest BCUT2D eigenvalue weighted by molar-refractivity contribution is 6.17. The van der Waals surface area contributed by atoms with Crippen molar-refractivity contribution in [3.63, 3.8) is 0 Å². The summed E-state index contributed by atoms with van der Waals surface area (Å²) >= 11 is 0. The van der Waals surface area contributed by atoms with Gasteiger partial charge >= 0.3 is 11.9 Å². The molecular formula is C18H19N3O8. The minimum Gasteiger partial charge on any atom is -0.481 e. The van der Waals surface area contributed by atoms with Gasteiger partial charge in [0.1, 0.15) is 11.7 Å². The van der Waals surface area contributed by atoms with Gasteiger partial charge in [-0.2, -0.15) is 0 Å². The van der Waals surface area contributed by atoms with E-state index in [0.717, 1.165) is 11.0 Å². The van der Waals surface area contributed by atoms with Crippen LogP contribution in [0.15, 0.2) is 36.0 Å². The molecule has 11 nitrogen and oxygen atoms in total. The second-order valence-corrected chi connectivity index (χ2v) is 6.08. The standard InChI is InChI=1S/C18H19N3O8/c22-8-7-21-14(23)9-13(17(21)27)19-11-3-1-10(2-4-11)16(26)20-12(18(28)29)5-6-15(24)25/h1-4,9,12,19,22H,5-8H2,(H,20,26)(H,24,25)(H,28,29). The van der Waals surface area contributed by atoms with Crippen molar-refractivity contribution in [3.8, 4) is 0 Å². The SMILES string of the molecule is O=C(O)CCC(NC(=O)c1ccc(NC2=CC(=O)N(CCO)C2=O)cc1)C(=O)O. The number of carboxylic acids is 2. The second-order valence-electron chi connectivity index (χ2n) is 6.08. The molecule has 0 aromatic heterocycles. The first kappa shape index (κ1) is 21.6. The molecule has 1 atom stereocenters. The maximum absolute atomic E-state index is 12.2. The lowest BCUT2D eigenvalue weighted by Gasteiger charge is -2.14. The lowest BCUT2D eigenvalue weighted by atomic mass is 10.1. The molecule has 0 saturated heterocycles. The quantitative estimate of drug-likeness (QED) is 0.318. The molecule has 0 radical (unpaired) electrons. The Bertz CT molecular complexity index is 862. The molecule has 29 heavy (non-hydrogen) atoms. The number of rotatable bonds is 10. The Morgan fingerprint density at radius 2 is 1.72 bits per heavy atom. The van der Waals surface area contributed by atoms with Crippen molar-refractivity contribution in [3.05, 3.63) is 41.6 Å². The lowest BCUT2D eigenvalue weighted by molar-refractivity contribution is -0.141. The van der Waals surface area contributed by atoms with Gasteiger partial charge in [0, 0.05) is 23.7 Å². The summed E-state index contributed by atoms with van der Waals surface area (Å²) in [6.45, 7) is -0.475. The van der Waals surface area contributed by atoms with Crippen LogP contribution in [0.4, 0.5) is 5.69 Å². The zero-order valence-electron chi connectivity index (χ0n) is 15.1. The van der Waals surface area contributed by atoms with E-state index in [2.05, 4.69) is 10.6 Å². The van der Waals surface area contributed by atoms with Crippen LogP contribution in [0.1, 0.15) is 23.2 Å².